The largest absolute Gasteiger partial charge is 0.455 e. The van der Waals surface area contributed by atoms with Gasteiger partial charge in [0.15, 0.2) is 6.61 Å². The molecule has 6 nitrogen and oxygen atoms in total. The van der Waals surface area contributed by atoms with Crippen LogP contribution in [0.4, 0.5) is 0 Å². The Hall–Kier alpha value is -1.30. The first-order valence-corrected chi connectivity index (χ1v) is 9.50. The van der Waals surface area contributed by atoms with Gasteiger partial charge in [-0.05, 0) is 64.2 Å². The number of halogens is 1. The third kappa shape index (κ3) is 4.10. The molecule has 2 N–H and O–H groups in total. The Kier molecular flexibility index (Phi) is 5.02. The summed E-state index contributed by atoms with van der Waals surface area (Å²) >= 11 is 6.72. The maximum Gasteiger partial charge on any atom is 0.312 e. The summed E-state index contributed by atoms with van der Waals surface area (Å²) < 4.78 is 5.31. The van der Waals surface area contributed by atoms with Crippen molar-refractivity contribution >= 4 is 29.4 Å². The first kappa shape index (κ1) is 18.5. The van der Waals surface area contributed by atoms with Gasteiger partial charge in [-0.2, -0.15) is 0 Å². The van der Waals surface area contributed by atoms with Gasteiger partial charge in [0.2, 0.25) is 5.91 Å². The summed E-state index contributed by atoms with van der Waals surface area (Å²) in [6.45, 7) is 3.22. The monoisotopic (exact) mass is 370 g/mol. The lowest BCUT2D eigenvalue weighted by molar-refractivity contribution is -0.171. The van der Waals surface area contributed by atoms with Crippen LogP contribution in [0.15, 0.2) is 0 Å². The van der Waals surface area contributed by atoms with Gasteiger partial charge in [-0.3, -0.25) is 14.4 Å². The lowest BCUT2D eigenvalue weighted by Crippen LogP contribution is -2.56. The van der Waals surface area contributed by atoms with E-state index < -0.39 is 11.3 Å². The predicted octanol–water partition coefficient (Wildman–Crippen LogP) is 1.75. The molecule has 2 amide bonds. The lowest BCUT2D eigenvalue weighted by atomic mass is 9.49. The van der Waals surface area contributed by atoms with Crippen molar-refractivity contribution in [1.82, 2.24) is 10.6 Å². The van der Waals surface area contributed by atoms with Crippen molar-refractivity contribution in [3.8, 4) is 0 Å². The van der Waals surface area contributed by atoms with Gasteiger partial charge in [-0.25, -0.2) is 0 Å². The Bertz CT molecular complexity index is 563. The van der Waals surface area contributed by atoms with Crippen molar-refractivity contribution in [3.05, 3.63) is 0 Å². The highest BCUT2D eigenvalue weighted by Gasteiger charge is 2.60. The highest BCUT2D eigenvalue weighted by atomic mass is 35.5. The molecular formula is C18H27ClN2O4. The van der Waals surface area contributed by atoms with E-state index in [4.69, 9.17) is 16.3 Å². The standard InChI is InChI=1S/C18H27ClN2O4/c1-11(2)21-14(22)8-20-15(23)9-25-16(24)17-4-12-3-13(5-17)7-18(19,6-12)10-17/h11-13H,3-10H2,1-2H3,(H,20,23)(H,21,22)/t12-,13+,17?,18?. The molecule has 4 fully saturated rings. The molecule has 7 heteroatoms. The fraction of sp³-hybridized carbons (Fsp3) is 0.833. The highest BCUT2D eigenvalue weighted by Crippen LogP contribution is 2.64. The smallest absolute Gasteiger partial charge is 0.312 e. The van der Waals surface area contributed by atoms with Crippen molar-refractivity contribution in [1.29, 1.82) is 0 Å². The second kappa shape index (κ2) is 6.78. The summed E-state index contributed by atoms with van der Waals surface area (Å²) in [6.07, 6.45) is 5.46. The van der Waals surface area contributed by atoms with Gasteiger partial charge in [0.1, 0.15) is 0 Å². The lowest BCUT2D eigenvalue weighted by Gasteiger charge is -2.58. The van der Waals surface area contributed by atoms with Crippen LogP contribution >= 0.6 is 11.6 Å². The van der Waals surface area contributed by atoms with Crippen LogP contribution in [-0.4, -0.2) is 41.9 Å². The number of carbonyl (C=O) groups excluding carboxylic acids is 3. The van der Waals surface area contributed by atoms with Crippen molar-refractivity contribution in [2.24, 2.45) is 17.3 Å². The van der Waals surface area contributed by atoms with Gasteiger partial charge in [-0.1, -0.05) is 0 Å². The van der Waals surface area contributed by atoms with E-state index in [1.165, 1.54) is 0 Å². The van der Waals surface area contributed by atoms with Crippen molar-refractivity contribution in [3.63, 3.8) is 0 Å². The van der Waals surface area contributed by atoms with Gasteiger partial charge in [0.05, 0.1) is 12.0 Å². The van der Waals surface area contributed by atoms with E-state index in [0.717, 1.165) is 32.1 Å². The van der Waals surface area contributed by atoms with E-state index in [0.29, 0.717) is 18.3 Å². The Labute approximate surface area is 153 Å². The summed E-state index contributed by atoms with van der Waals surface area (Å²) in [5.41, 5.74) is -0.513. The summed E-state index contributed by atoms with van der Waals surface area (Å²) in [7, 11) is 0. The summed E-state index contributed by atoms with van der Waals surface area (Å²) in [5.74, 6) is -0.0227. The van der Waals surface area contributed by atoms with E-state index in [9.17, 15) is 14.4 Å². The van der Waals surface area contributed by atoms with Crippen molar-refractivity contribution in [2.75, 3.05) is 13.2 Å². The fourth-order valence-corrected chi connectivity index (χ4v) is 5.97. The number of carbonyl (C=O) groups is 3. The van der Waals surface area contributed by atoms with Gasteiger partial charge >= 0.3 is 5.97 Å². The number of amides is 2. The van der Waals surface area contributed by atoms with Crippen LogP contribution < -0.4 is 10.6 Å². The molecular weight excluding hydrogens is 344 g/mol. The number of rotatable bonds is 6. The minimum atomic E-state index is -0.513. The molecule has 4 aliphatic carbocycles. The first-order chi connectivity index (χ1) is 11.7. The number of nitrogens with one attached hydrogen (secondary N) is 2. The minimum absolute atomic E-state index is 0.0150. The Morgan fingerprint density at radius 2 is 1.76 bits per heavy atom. The number of alkyl halides is 1. The number of hydrogen-bond donors (Lipinski definition) is 2. The van der Waals surface area contributed by atoms with Crippen molar-refractivity contribution in [2.45, 2.75) is 63.3 Å². The summed E-state index contributed by atoms with van der Waals surface area (Å²) in [6, 6.07) is 0.0150. The normalized spacial score (nSPS) is 35.5. The van der Waals surface area contributed by atoms with E-state index in [1.807, 2.05) is 13.8 Å². The van der Waals surface area contributed by atoms with Crippen LogP contribution in [-0.2, 0) is 19.1 Å². The zero-order valence-electron chi connectivity index (χ0n) is 14.9. The van der Waals surface area contributed by atoms with Crippen molar-refractivity contribution < 1.29 is 19.1 Å². The molecule has 0 spiro atoms. The molecule has 0 radical (unpaired) electrons. The molecule has 25 heavy (non-hydrogen) atoms. The second-order valence-corrected chi connectivity index (χ2v) is 9.27. The number of ether oxygens (including phenoxy) is 1. The summed E-state index contributed by atoms with van der Waals surface area (Å²) in [5, 5.41) is 5.15. The zero-order chi connectivity index (χ0) is 18.2. The topological polar surface area (TPSA) is 84.5 Å². The second-order valence-electron chi connectivity index (χ2n) is 8.47. The van der Waals surface area contributed by atoms with E-state index in [1.54, 1.807) is 0 Å². The van der Waals surface area contributed by atoms with E-state index in [-0.39, 0.29) is 35.9 Å². The van der Waals surface area contributed by atoms with E-state index in [2.05, 4.69) is 10.6 Å². The molecule has 0 heterocycles. The van der Waals surface area contributed by atoms with Crippen LogP contribution in [0.2, 0.25) is 0 Å². The van der Waals surface area contributed by atoms with Crippen LogP contribution in [0.1, 0.15) is 52.4 Å². The molecule has 4 saturated carbocycles. The number of hydrogen-bond acceptors (Lipinski definition) is 4. The third-order valence-corrected chi connectivity index (χ3v) is 6.10. The maximum atomic E-state index is 12.7. The zero-order valence-corrected chi connectivity index (χ0v) is 15.7. The maximum absolute atomic E-state index is 12.7. The van der Waals surface area contributed by atoms with Crippen LogP contribution in [0.3, 0.4) is 0 Å². The molecule has 4 atom stereocenters. The Morgan fingerprint density at radius 3 is 2.32 bits per heavy atom. The Morgan fingerprint density at radius 1 is 1.12 bits per heavy atom. The Balaban J connectivity index is 1.48. The van der Waals surface area contributed by atoms with Crippen LogP contribution in [0, 0.1) is 17.3 Å². The first-order valence-electron chi connectivity index (χ1n) is 9.12. The van der Waals surface area contributed by atoms with E-state index >= 15 is 0 Å². The average Bonchev–Trinajstić information content (AvgIpc) is 2.47. The van der Waals surface area contributed by atoms with Gasteiger partial charge in [0, 0.05) is 10.9 Å². The summed E-state index contributed by atoms with van der Waals surface area (Å²) in [4.78, 5) is 35.8. The van der Waals surface area contributed by atoms with Gasteiger partial charge in [0.25, 0.3) is 5.91 Å². The highest BCUT2D eigenvalue weighted by molar-refractivity contribution is 6.24. The molecule has 0 aromatic rings. The molecule has 0 aromatic carbocycles. The molecule has 140 valence electrons. The van der Waals surface area contributed by atoms with Gasteiger partial charge < -0.3 is 15.4 Å². The molecule has 0 aromatic heterocycles. The molecule has 4 aliphatic rings. The SMILES string of the molecule is CC(C)NC(=O)CNC(=O)COC(=O)C12C[C@@H]3C[C@@H](CC(Cl)(C3)C1)C2. The minimum Gasteiger partial charge on any atom is -0.455 e. The average molecular weight is 371 g/mol. The fourth-order valence-electron chi connectivity index (χ4n) is 5.28. The molecule has 4 bridgehead atoms. The molecule has 2 unspecified atom stereocenters. The van der Waals surface area contributed by atoms with Crippen LogP contribution in [0.25, 0.3) is 0 Å². The third-order valence-electron chi connectivity index (χ3n) is 5.65. The predicted molar refractivity (Wildman–Crippen MR) is 92.9 cm³/mol. The number of esters is 1. The molecule has 0 saturated heterocycles. The quantitative estimate of drug-likeness (QED) is 0.551. The van der Waals surface area contributed by atoms with Gasteiger partial charge in [-0.15, -0.1) is 11.6 Å². The van der Waals surface area contributed by atoms with Crippen LogP contribution in [0.5, 0.6) is 0 Å². The molecule has 0 aliphatic heterocycles. The molecule has 4 rings (SSSR count).